The Labute approximate surface area is 198 Å². The minimum atomic E-state index is -4.57. The number of likely N-dealkylation sites (tertiary alicyclic amines) is 1. The molecule has 0 aromatic heterocycles. The van der Waals surface area contributed by atoms with E-state index in [1.54, 1.807) is 12.1 Å². The predicted molar refractivity (Wildman–Crippen MR) is 121 cm³/mol. The maximum Gasteiger partial charge on any atom is 0.418 e. The summed E-state index contributed by atoms with van der Waals surface area (Å²) in [4.78, 5) is 27.1. The molecular weight excluding hydrogens is 472 g/mol. The van der Waals surface area contributed by atoms with Crippen molar-refractivity contribution in [1.29, 1.82) is 0 Å². The van der Waals surface area contributed by atoms with Crippen LogP contribution >= 0.6 is 11.8 Å². The van der Waals surface area contributed by atoms with Gasteiger partial charge in [0.05, 0.1) is 22.9 Å². The monoisotopic (exact) mass is 496 g/mol. The van der Waals surface area contributed by atoms with Gasteiger partial charge in [-0.2, -0.15) is 13.2 Å². The van der Waals surface area contributed by atoms with Gasteiger partial charge in [-0.05, 0) is 36.2 Å². The Bertz CT molecular complexity index is 1030. The van der Waals surface area contributed by atoms with Crippen LogP contribution in [0.25, 0.3) is 0 Å². The fraction of sp³-hybridized carbons (Fsp3) is 0.391. The Morgan fingerprint density at radius 3 is 2.62 bits per heavy atom. The van der Waals surface area contributed by atoms with Gasteiger partial charge in [0, 0.05) is 25.7 Å². The highest BCUT2D eigenvalue weighted by Gasteiger charge is 2.40. The number of hydrogen-bond donors (Lipinski definition) is 3. The summed E-state index contributed by atoms with van der Waals surface area (Å²) in [7, 11) is 0. The summed E-state index contributed by atoms with van der Waals surface area (Å²) in [6.45, 7) is 1.92. The average molecular weight is 497 g/mol. The van der Waals surface area contributed by atoms with E-state index in [1.807, 2.05) is 0 Å². The predicted octanol–water partition coefficient (Wildman–Crippen LogP) is 3.41. The first-order chi connectivity index (χ1) is 16.2. The van der Waals surface area contributed by atoms with Crippen LogP contribution in [0.5, 0.6) is 0 Å². The van der Waals surface area contributed by atoms with Gasteiger partial charge < -0.3 is 10.6 Å². The van der Waals surface area contributed by atoms with Crippen LogP contribution in [0.2, 0.25) is 0 Å². The van der Waals surface area contributed by atoms with Crippen molar-refractivity contribution in [3.8, 4) is 0 Å². The van der Waals surface area contributed by atoms with Crippen LogP contribution in [0.15, 0.2) is 48.5 Å². The van der Waals surface area contributed by atoms with Gasteiger partial charge in [0.2, 0.25) is 11.8 Å². The molecule has 2 aliphatic heterocycles. The number of piperidine rings is 1. The third kappa shape index (κ3) is 6.08. The molecule has 0 bridgehead atoms. The van der Waals surface area contributed by atoms with Crippen molar-refractivity contribution in [2.75, 3.05) is 24.2 Å². The van der Waals surface area contributed by atoms with Crippen LogP contribution in [-0.4, -0.2) is 47.1 Å². The summed E-state index contributed by atoms with van der Waals surface area (Å²) in [5.74, 6) is -1.40. The molecule has 3 unspecified atom stereocenters. The van der Waals surface area contributed by atoms with Gasteiger partial charge in [-0.1, -0.05) is 24.3 Å². The number of nitrogens with one attached hydrogen (secondary N) is 3. The molecule has 0 spiro atoms. The zero-order valence-electron chi connectivity index (χ0n) is 18.1. The quantitative estimate of drug-likeness (QED) is 0.535. The Kier molecular flexibility index (Phi) is 7.44. The third-order valence-electron chi connectivity index (χ3n) is 5.88. The highest BCUT2D eigenvalue weighted by Crippen LogP contribution is 2.34. The molecule has 2 aromatic rings. The molecule has 6 nitrogen and oxygen atoms in total. The number of carbonyl (C=O) groups excluding carboxylic acids is 2. The van der Waals surface area contributed by atoms with Gasteiger partial charge in [0.15, 0.2) is 0 Å². The van der Waals surface area contributed by atoms with E-state index in [4.69, 9.17) is 0 Å². The highest BCUT2D eigenvalue weighted by molar-refractivity contribution is 8.00. The van der Waals surface area contributed by atoms with Crippen LogP contribution in [0.4, 0.5) is 23.2 Å². The molecule has 0 saturated carbocycles. The minimum Gasteiger partial charge on any atom is -0.331 e. The van der Waals surface area contributed by atoms with Gasteiger partial charge in [-0.3, -0.25) is 19.8 Å². The second-order valence-electron chi connectivity index (χ2n) is 8.32. The molecular formula is C23H24F4N4O2S. The average Bonchev–Trinajstić information content (AvgIpc) is 2.79. The molecule has 3 atom stereocenters. The molecule has 2 fully saturated rings. The van der Waals surface area contributed by atoms with Crippen LogP contribution in [0, 0.1) is 11.7 Å². The minimum absolute atomic E-state index is 0.0651. The molecule has 2 aromatic carbocycles. The summed E-state index contributed by atoms with van der Waals surface area (Å²) in [5.41, 5.74) is -0.751. The van der Waals surface area contributed by atoms with Crippen molar-refractivity contribution >= 4 is 29.3 Å². The van der Waals surface area contributed by atoms with Crippen LogP contribution < -0.4 is 16.0 Å². The molecule has 0 aliphatic carbocycles. The first-order valence-corrected chi connectivity index (χ1v) is 11.8. The number of carbonyl (C=O) groups is 2. The summed E-state index contributed by atoms with van der Waals surface area (Å²) in [6, 6.07) is 11.0. The summed E-state index contributed by atoms with van der Waals surface area (Å²) < 4.78 is 52.4. The molecule has 3 N–H and O–H groups in total. The molecule has 4 rings (SSSR count). The van der Waals surface area contributed by atoms with Crippen LogP contribution in [0.3, 0.4) is 0 Å². The van der Waals surface area contributed by atoms with E-state index >= 15 is 0 Å². The topological polar surface area (TPSA) is 73.5 Å². The lowest BCUT2D eigenvalue weighted by Crippen LogP contribution is -2.64. The number of amides is 2. The lowest BCUT2D eigenvalue weighted by Gasteiger charge is -2.43. The number of fused-ring (bicyclic) bond motifs is 1. The number of rotatable bonds is 6. The first kappa shape index (κ1) is 24.5. The van der Waals surface area contributed by atoms with E-state index in [9.17, 15) is 27.2 Å². The molecule has 2 aliphatic rings. The fourth-order valence-corrected chi connectivity index (χ4v) is 5.08. The third-order valence-corrected chi connectivity index (χ3v) is 6.90. The van der Waals surface area contributed by atoms with Crippen molar-refractivity contribution in [1.82, 2.24) is 15.5 Å². The lowest BCUT2D eigenvalue weighted by atomic mass is 9.89. The lowest BCUT2D eigenvalue weighted by molar-refractivity contribution is -0.137. The number of para-hydroxylation sites is 1. The summed E-state index contributed by atoms with van der Waals surface area (Å²) in [5, 5.41) is 8.47. The highest BCUT2D eigenvalue weighted by atomic mass is 32.2. The number of hydrogen-bond acceptors (Lipinski definition) is 5. The number of alkyl halides is 3. The number of thioether (sulfide) groups is 1. The van der Waals surface area contributed by atoms with E-state index in [0.717, 1.165) is 36.4 Å². The summed E-state index contributed by atoms with van der Waals surface area (Å²) in [6.07, 6.45) is -3.85. The second-order valence-corrected chi connectivity index (χ2v) is 9.41. The van der Waals surface area contributed by atoms with E-state index < -0.39 is 23.1 Å². The summed E-state index contributed by atoms with van der Waals surface area (Å²) >= 11 is 1.12. The SMILES string of the molecule is O=C(CSC1NC(=O)C2CN(Cc3ccc(F)cc3)CCC2N1)Nc1ccccc1C(F)(F)F. The molecule has 0 radical (unpaired) electrons. The van der Waals surface area contributed by atoms with E-state index in [-0.39, 0.29) is 35.1 Å². The van der Waals surface area contributed by atoms with Gasteiger partial charge in [0.25, 0.3) is 0 Å². The van der Waals surface area contributed by atoms with Crippen molar-refractivity contribution < 1.29 is 27.2 Å². The molecule has 182 valence electrons. The van der Waals surface area contributed by atoms with Gasteiger partial charge in [-0.25, -0.2) is 4.39 Å². The van der Waals surface area contributed by atoms with E-state index in [1.165, 1.54) is 30.3 Å². The smallest absolute Gasteiger partial charge is 0.331 e. The number of halogens is 4. The first-order valence-electron chi connectivity index (χ1n) is 10.8. The van der Waals surface area contributed by atoms with Gasteiger partial charge in [0.1, 0.15) is 11.3 Å². The Morgan fingerprint density at radius 2 is 1.88 bits per heavy atom. The largest absolute Gasteiger partial charge is 0.418 e. The van der Waals surface area contributed by atoms with Gasteiger partial charge in [-0.15, -0.1) is 11.8 Å². The fourth-order valence-electron chi connectivity index (χ4n) is 4.22. The number of benzene rings is 2. The Hall–Kier alpha value is -2.63. The van der Waals surface area contributed by atoms with Crippen molar-refractivity contribution in [2.24, 2.45) is 5.92 Å². The maximum atomic E-state index is 13.1. The molecule has 2 heterocycles. The van der Waals surface area contributed by atoms with Gasteiger partial charge >= 0.3 is 6.18 Å². The maximum absolute atomic E-state index is 13.1. The second kappa shape index (κ2) is 10.3. The molecule has 2 saturated heterocycles. The molecule has 2 amide bonds. The van der Waals surface area contributed by atoms with Crippen molar-refractivity contribution in [2.45, 2.75) is 30.7 Å². The van der Waals surface area contributed by atoms with Crippen LogP contribution in [0.1, 0.15) is 17.5 Å². The van der Waals surface area contributed by atoms with Crippen molar-refractivity contribution in [3.05, 3.63) is 65.5 Å². The normalized spacial score (nSPS) is 23.2. The number of anilines is 1. The zero-order valence-corrected chi connectivity index (χ0v) is 18.9. The Balaban J connectivity index is 1.27. The molecule has 34 heavy (non-hydrogen) atoms. The van der Waals surface area contributed by atoms with E-state index in [0.29, 0.717) is 13.1 Å². The Morgan fingerprint density at radius 1 is 1.15 bits per heavy atom. The number of nitrogens with zero attached hydrogens (tertiary/aromatic N) is 1. The van der Waals surface area contributed by atoms with E-state index in [2.05, 4.69) is 20.9 Å². The van der Waals surface area contributed by atoms with Crippen molar-refractivity contribution in [3.63, 3.8) is 0 Å². The molecule has 11 heteroatoms. The van der Waals surface area contributed by atoms with Crippen LogP contribution in [-0.2, 0) is 22.3 Å². The standard InChI is InChI=1S/C23H24F4N4O2S/c24-15-7-5-14(6-8-15)11-31-10-9-18-16(12-31)21(33)30-22(29-18)34-13-20(32)28-19-4-2-1-3-17(19)23(25,26)27/h1-8,16,18,22,29H,9-13H2,(H,28,32)(H,30,33). The zero-order chi connectivity index (χ0) is 24.3.